The quantitative estimate of drug-likeness (QED) is 0.418. The summed E-state index contributed by atoms with van der Waals surface area (Å²) in [6.07, 6.45) is 0.819. The molecule has 9 heteroatoms. The maximum absolute atomic E-state index is 13.0. The maximum atomic E-state index is 13.0. The number of amides is 1. The SMILES string of the molecule is CN(CCc1ccc(C2=NCCN2)cc1)C(=O)CCN(C)S(=O)(=O)c1ccc(Oc2ccccc2)cc1. The fourth-order valence-corrected chi connectivity index (χ4v) is 5.06. The molecule has 37 heavy (non-hydrogen) atoms. The van der Waals surface area contributed by atoms with Crippen LogP contribution in [0.2, 0.25) is 0 Å². The number of nitrogens with one attached hydrogen (secondary N) is 1. The van der Waals surface area contributed by atoms with E-state index in [-0.39, 0.29) is 23.8 Å². The van der Waals surface area contributed by atoms with Crippen molar-refractivity contribution >= 4 is 21.8 Å². The van der Waals surface area contributed by atoms with Crippen LogP contribution in [-0.2, 0) is 21.2 Å². The Bertz CT molecular complexity index is 1320. The normalized spacial score (nSPS) is 13.2. The predicted octanol–water partition coefficient (Wildman–Crippen LogP) is 3.54. The summed E-state index contributed by atoms with van der Waals surface area (Å²) >= 11 is 0. The molecule has 0 atom stereocenters. The van der Waals surface area contributed by atoms with Crippen molar-refractivity contribution in [3.63, 3.8) is 0 Å². The van der Waals surface area contributed by atoms with Crippen molar-refractivity contribution in [1.82, 2.24) is 14.5 Å². The number of nitrogens with zero attached hydrogens (tertiary/aromatic N) is 3. The smallest absolute Gasteiger partial charge is 0.242 e. The van der Waals surface area contributed by atoms with Gasteiger partial charge in [0.25, 0.3) is 0 Å². The van der Waals surface area contributed by atoms with Crippen LogP contribution in [0.5, 0.6) is 11.5 Å². The molecule has 1 N–H and O–H groups in total. The van der Waals surface area contributed by atoms with Gasteiger partial charge < -0.3 is 15.0 Å². The number of hydrogen-bond acceptors (Lipinski definition) is 6. The number of likely N-dealkylation sites (N-methyl/N-ethyl adjacent to an activating group) is 1. The van der Waals surface area contributed by atoms with Gasteiger partial charge in [0.2, 0.25) is 15.9 Å². The largest absolute Gasteiger partial charge is 0.457 e. The number of hydrogen-bond donors (Lipinski definition) is 1. The van der Waals surface area contributed by atoms with E-state index in [4.69, 9.17) is 4.74 Å². The first kappa shape index (κ1) is 26.4. The van der Waals surface area contributed by atoms with Crippen LogP contribution in [0.4, 0.5) is 0 Å². The zero-order chi connectivity index (χ0) is 26.3. The van der Waals surface area contributed by atoms with Gasteiger partial charge in [-0.25, -0.2) is 12.7 Å². The van der Waals surface area contributed by atoms with Crippen LogP contribution in [0.3, 0.4) is 0 Å². The highest BCUT2D eigenvalue weighted by molar-refractivity contribution is 7.89. The lowest BCUT2D eigenvalue weighted by Gasteiger charge is -2.21. The Balaban J connectivity index is 1.24. The van der Waals surface area contributed by atoms with Crippen LogP contribution in [0, 0.1) is 0 Å². The molecular formula is C28H32N4O4S. The first-order valence-electron chi connectivity index (χ1n) is 12.2. The molecule has 1 aliphatic heterocycles. The van der Waals surface area contributed by atoms with Crippen molar-refractivity contribution < 1.29 is 17.9 Å². The first-order chi connectivity index (χ1) is 17.8. The van der Waals surface area contributed by atoms with Gasteiger partial charge in [-0.1, -0.05) is 42.5 Å². The third-order valence-electron chi connectivity index (χ3n) is 6.21. The van der Waals surface area contributed by atoms with E-state index in [1.54, 1.807) is 24.1 Å². The molecule has 0 unspecified atom stereocenters. The van der Waals surface area contributed by atoms with Crippen molar-refractivity contribution in [2.24, 2.45) is 4.99 Å². The summed E-state index contributed by atoms with van der Waals surface area (Å²) in [6, 6.07) is 23.7. The summed E-state index contributed by atoms with van der Waals surface area (Å²) in [4.78, 5) is 18.9. The van der Waals surface area contributed by atoms with E-state index >= 15 is 0 Å². The number of para-hydroxylation sites is 1. The molecular weight excluding hydrogens is 488 g/mol. The number of amidine groups is 1. The highest BCUT2D eigenvalue weighted by atomic mass is 32.2. The Hall–Kier alpha value is -3.69. The second kappa shape index (κ2) is 12.0. The van der Waals surface area contributed by atoms with Gasteiger partial charge in [-0.05, 0) is 48.4 Å². The van der Waals surface area contributed by atoms with E-state index in [2.05, 4.69) is 10.3 Å². The van der Waals surface area contributed by atoms with Crippen molar-refractivity contribution in [2.75, 3.05) is 40.3 Å². The molecule has 0 radical (unpaired) electrons. The topological polar surface area (TPSA) is 91.3 Å². The van der Waals surface area contributed by atoms with Gasteiger partial charge in [-0.3, -0.25) is 9.79 Å². The highest BCUT2D eigenvalue weighted by Crippen LogP contribution is 2.24. The monoisotopic (exact) mass is 520 g/mol. The molecule has 1 aliphatic rings. The van der Waals surface area contributed by atoms with Gasteiger partial charge in [0, 0.05) is 45.7 Å². The highest BCUT2D eigenvalue weighted by Gasteiger charge is 2.22. The van der Waals surface area contributed by atoms with E-state index in [1.165, 1.54) is 23.5 Å². The van der Waals surface area contributed by atoms with Crippen molar-refractivity contribution in [1.29, 1.82) is 0 Å². The van der Waals surface area contributed by atoms with E-state index in [0.717, 1.165) is 30.1 Å². The first-order valence-corrected chi connectivity index (χ1v) is 13.7. The lowest BCUT2D eigenvalue weighted by molar-refractivity contribution is -0.129. The maximum Gasteiger partial charge on any atom is 0.242 e. The summed E-state index contributed by atoms with van der Waals surface area (Å²) in [5.74, 6) is 2.04. The summed E-state index contributed by atoms with van der Waals surface area (Å²) in [5.41, 5.74) is 2.19. The number of carbonyl (C=O) groups is 1. The predicted molar refractivity (Wildman–Crippen MR) is 145 cm³/mol. The van der Waals surface area contributed by atoms with Gasteiger partial charge in [0.1, 0.15) is 17.3 Å². The minimum Gasteiger partial charge on any atom is -0.457 e. The average Bonchev–Trinajstić information content (AvgIpc) is 3.46. The molecule has 3 aromatic carbocycles. The summed E-state index contributed by atoms with van der Waals surface area (Å²) < 4.78 is 32.9. The molecule has 4 rings (SSSR count). The standard InChI is InChI=1S/C28H32N4O4S/c1-31(20-16-22-8-10-23(11-9-22)28-29-18-19-30-28)27(33)17-21-32(2)37(34,35)26-14-12-25(13-15-26)36-24-6-4-3-5-7-24/h3-15H,16-21H2,1-2H3,(H,29,30). The van der Waals surface area contributed by atoms with E-state index in [0.29, 0.717) is 24.5 Å². The Kier molecular flexibility index (Phi) is 8.58. The third-order valence-corrected chi connectivity index (χ3v) is 8.09. The van der Waals surface area contributed by atoms with Crippen LogP contribution in [0.15, 0.2) is 88.8 Å². The Morgan fingerprint density at radius 2 is 1.59 bits per heavy atom. The number of rotatable bonds is 11. The molecule has 0 aliphatic carbocycles. The Labute approximate surface area is 218 Å². The zero-order valence-corrected chi connectivity index (χ0v) is 21.9. The molecule has 0 fully saturated rings. The van der Waals surface area contributed by atoms with E-state index < -0.39 is 10.0 Å². The third kappa shape index (κ3) is 6.96. The van der Waals surface area contributed by atoms with Gasteiger partial charge in [-0.2, -0.15) is 0 Å². The van der Waals surface area contributed by atoms with Crippen LogP contribution >= 0.6 is 0 Å². The summed E-state index contributed by atoms with van der Waals surface area (Å²) in [5, 5.41) is 3.26. The minimum absolute atomic E-state index is 0.0948. The molecule has 0 saturated carbocycles. The fraction of sp³-hybridized carbons (Fsp3) is 0.286. The second-order valence-electron chi connectivity index (χ2n) is 8.88. The second-order valence-corrected chi connectivity index (χ2v) is 10.9. The van der Waals surface area contributed by atoms with Crippen LogP contribution in [0.1, 0.15) is 17.5 Å². The summed E-state index contributed by atoms with van der Waals surface area (Å²) in [6.45, 7) is 2.32. The van der Waals surface area contributed by atoms with Crippen LogP contribution in [0.25, 0.3) is 0 Å². The lowest BCUT2D eigenvalue weighted by Crippen LogP contribution is -2.34. The fourth-order valence-electron chi connectivity index (χ4n) is 3.89. The number of ether oxygens (including phenoxy) is 1. The molecule has 1 heterocycles. The lowest BCUT2D eigenvalue weighted by atomic mass is 10.1. The average molecular weight is 521 g/mol. The van der Waals surface area contributed by atoms with E-state index in [1.807, 2.05) is 54.6 Å². The van der Waals surface area contributed by atoms with Gasteiger partial charge in [0.05, 0.1) is 11.4 Å². The zero-order valence-electron chi connectivity index (χ0n) is 21.1. The minimum atomic E-state index is -3.72. The Morgan fingerprint density at radius 1 is 0.919 bits per heavy atom. The van der Waals surface area contributed by atoms with Crippen molar-refractivity contribution in [3.05, 3.63) is 90.0 Å². The van der Waals surface area contributed by atoms with Crippen molar-refractivity contribution in [2.45, 2.75) is 17.7 Å². The summed E-state index contributed by atoms with van der Waals surface area (Å²) in [7, 11) is -0.492. The molecule has 0 saturated heterocycles. The molecule has 0 bridgehead atoms. The molecule has 3 aromatic rings. The van der Waals surface area contributed by atoms with Gasteiger partial charge in [0.15, 0.2) is 0 Å². The molecule has 8 nitrogen and oxygen atoms in total. The number of carbonyl (C=O) groups excluding carboxylic acids is 1. The molecule has 194 valence electrons. The number of aliphatic imine (C=N–C) groups is 1. The molecule has 1 amide bonds. The van der Waals surface area contributed by atoms with Crippen molar-refractivity contribution in [3.8, 4) is 11.5 Å². The van der Waals surface area contributed by atoms with E-state index in [9.17, 15) is 13.2 Å². The molecule has 0 aromatic heterocycles. The van der Waals surface area contributed by atoms with Crippen LogP contribution < -0.4 is 10.1 Å². The van der Waals surface area contributed by atoms with Gasteiger partial charge in [-0.15, -0.1) is 0 Å². The number of benzene rings is 3. The Morgan fingerprint density at radius 3 is 2.24 bits per heavy atom. The number of sulfonamides is 1. The molecule has 0 spiro atoms. The van der Waals surface area contributed by atoms with Gasteiger partial charge >= 0.3 is 0 Å². The van der Waals surface area contributed by atoms with Crippen LogP contribution in [-0.4, -0.2) is 69.6 Å².